The number of anilines is 1. The third-order valence-corrected chi connectivity index (χ3v) is 4.23. The minimum absolute atomic E-state index is 0.00596. The van der Waals surface area contributed by atoms with E-state index >= 15 is 0 Å². The van der Waals surface area contributed by atoms with E-state index in [9.17, 15) is 26.0 Å². The highest BCUT2D eigenvalue weighted by atomic mass is 32.2. The minimum Gasteiger partial charge on any atom is -0.389 e. The topological polar surface area (TPSA) is 57.6 Å². The maximum atomic E-state index is 13.0. The van der Waals surface area contributed by atoms with Gasteiger partial charge in [-0.15, -0.1) is 0 Å². The molecule has 0 amide bonds. The van der Waals surface area contributed by atoms with Crippen LogP contribution in [0.4, 0.5) is 23.2 Å². The molecule has 1 aliphatic heterocycles. The second-order valence-corrected chi connectivity index (χ2v) is 6.03. The highest BCUT2D eigenvalue weighted by Gasteiger charge is 2.49. The van der Waals surface area contributed by atoms with E-state index in [1.165, 1.54) is 4.90 Å². The molecule has 106 valence electrons. The minimum atomic E-state index is -5.63. The lowest BCUT2D eigenvalue weighted by Gasteiger charge is -2.38. The summed E-state index contributed by atoms with van der Waals surface area (Å²) in [6.07, 6.45) is -0.730. The van der Waals surface area contributed by atoms with E-state index in [4.69, 9.17) is 5.11 Å². The van der Waals surface area contributed by atoms with Crippen LogP contribution >= 0.6 is 0 Å². The fraction of sp³-hybridized carbons (Fsp3) is 0.400. The maximum Gasteiger partial charge on any atom is 0.501 e. The van der Waals surface area contributed by atoms with Crippen molar-refractivity contribution in [3.63, 3.8) is 0 Å². The van der Waals surface area contributed by atoms with E-state index in [0.29, 0.717) is 6.07 Å². The molecule has 1 aliphatic rings. The van der Waals surface area contributed by atoms with Crippen LogP contribution in [0.25, 0.3) is 0 Å². The molecule has 1 aromatic carbocycles. The van der Waals surface area contributed by atoms with Crippen molar-refractivity contribution in [1.82, 2.24) is 0 Å². The number of benzene rings is 1. The molecule has 1 heterocycles. The number of alkyl halides is 3. The van der Waals surface area contributed by atoms with Gasteiger partial charge >= 0.3 is 5.51 Å². The number of hydrogen-bond acceptors (Lipinski definition) is 4. The van der Waals surface area contributed by atoms with Crippen LogP contribution in [-0.4, -0.2) is 38.2 Å². The van der Waals surface area contributed by atoms with E-state index in [-0.39, 0.29) is 18.8 Å². The summed E-state index contributed by atoms with van der Waals surface area (Å²) in [6, 6.07) is 2.16. The van der Waals surface area contributed by atoms with E-state index in [1.54, 1.807) is 0 Å². The lowest BCUT2D eigenvalue weighted by molar-refractivity contribution is -0.0435. The predicted molar refractivity (Wildman–Crippen MR) is 57.9 cm³/mol. The van der Waals surface area contributed by atoms with Crippen molar-refractivity contribution in [3.05, 3.63) is 24.0 Å². The van der Waals surface area contributed by atoms with E-state index in [0.717, 1.165) is 12.1 Å². The largest absolute Gasteiger partial charge is 0.501 e. The summed E-state index contributed by atoms with van der Waals surface area (Å²) in [5.74, 6) is -1.08. The molecule has 0 unspecified atom stereocenters. The van der Waals surface area contributed by atoms with Gasteiger partial charge in [-0.3, -0.25) is 0 Å². The van der Waals surface area contributed by atoms with E-state index in [2.05, 4.69) is 0 Å². The quantitative estimate of drug-likeness (QED) is 0.836. The van der Waals surface area contributed by atoms with Gasteiger partial charge in [0.05, 0.1) is 11.8 Å². The van der Waals surface area contributed by atoms with Crippen molar-refractivity contribution < 1.29 is 31.1 Å². The molecule has 19 heavy (non-hydrogen) atoms. The molecule has 0 saturated carbocycles. The van der Waals surface area contributed by atoms with Gasteiger partial charge in [-0.2, -0.15) is 13.2 Å². The van der Waals surface area contributed by atoms with Gasteiger partial charge in [-0.05, 0) is 18.2 Å². The lowest BCUT2D eigenvalue weighted by atomic mass is 10.1. The first-order chi connectivity index (χ1) is 8.63. The number of aliphatic hydroxyl groups is 1. The zero-order chi connectivity index (χ0) is 14.4. The van der Waals surface area contributed by atoms with Crippen molar-refractivity contribution >= 4 is 15.5 Å². The Morgan fingerprint density at radius 3 is 2.32 bits per heavy atom. The Bertz CT molecular complexity index is 593. The van der Waals surface area contributed by atoms with Crippen molar-refractivity contribution in [2.24, 2.45) is 0 Å². The Labute approximate surface area is 106 Å². The van der Waals surface area contributed by atoms with Crippen LogP contribution in [0.15, 0.2) is 23.1 Å². The smallest absolute Gasteiger partial charge is 0.389 e. The van der Waals surface area contributed by atoms with Crippen molar-refractivity contribution in [2.75, 3.05) is 18.0 Å². The van der Waals surface area contributed by atoms with Gasteiger partial charge < -0.3 is 10.0 Å². The normalized spacial score (nSPS) is 17.4. The number of halogens is 4. The first-order valence-corrected chi connectivity index (χ1v) is 6.65. The summed E-state index contributed by atoms with van der Waals surface area (Å²) < 4.78 is 73.3. The van der Waals surface area contributed by atoms with Gasteiger partial charge in [0.15, 0.2) is 0 Å². The number of β-amino-alcohol motifs (C(OH)–C–C–N with tert-alkyl or cyclic N) is 1. The summed E-state index contributed by atoms with van der Waals surface area (Å²) >= 11 is 0. The molecule has 0 radical (unpaired) electrons. The summed E-state index contributed by atoms with van der Waals surface area (Å²) in [5, 5.41) is 9.10. The molecule has 1 fully saturated rings. The average Bonchev–Trinajstić information content (AvgIpc) is 2.23. The molecule has 0 aromatic heterocycles. The van der Waals surface area contributed by atoms with Crippen molar-refractivity contribution in [1.29, 1.82) is 0 Å². The molecule has 0 bridgehead atoms. The standard InChI is InChI=1S/C10H9F4NO3S/c11-6-1-2-8(15-4-7(16)5-15)9(3-6)19(17,18)10(12,13)14/h1-3,7,16H,4-5H2. The highest BCUT2D eigenvalue weighted by Crippen LogP contribution is 2.37. The van der Waals surface area contributed by atoms with Crippen LogP contribution in [0.1, 0.15) is 0 Å². The van der Waals surface area contributed by atoms with Gasteiger partial charge in [0.1, 0.15) is 10.7 Å². The van der Waals surface area contributed by atoms with Crippen molar-refractivity contribution in [3.8, 4) is 0 Å². The molecule has 0 spiro atoms. The molecule has 1 aromatic rings. The van der Waals surface area contributed by atoms with Crippen LogP contribution < -0.4 is 4.90 Å². The molecule has 0 aliphatic carbocycles. The second kappa shape index (κ2) is 4.34. The Morgan fingerprint density at radius 1 is 1.26 bits per heavy atom. The number of nitrogens with zero attached hydrogens (tertiary/aromatic N) is 1. The Morgan fingerprint density at radius 2 is 1.84 bits per heavy atom. The van der Waals surface area contributed by atoms with Crippen LogP contribution in [0.3, 0.4) is 0 Å². The van der Waals surface area contributed by atoms with Crippen LogP contribution in [0.5, 0.6) is 0 Å². The first-order valence-electron chi connectivity index (χ1n) is 5.17. The molecule has 0 atom stereocenters. The zero-order valence-corrected chi connectivity index (χ0v) is 10.2. The SMILES string of the molecule is O=S(=O)(c1cc(F)ccc1N1CC(O)C1)C(F)(F)F. The van der Waals surface area contributed by atoms with Crippen LogP contribution in [0.2, 0.25) is 0 Å². The number of rotatable bonds is 2. The number of hydrogen-bond donors (Lipinski definition) is 1. The molecule has 1 N–H and O–H groups in total. The Hall–Kier alpha value is -1.35. The third-order valence-electron chi connectivity index (χ3n) is 2.72. The molecule has 1 saturated heterocycles. The van der Waals surface area contributed by atoms with Gasteiger partial charge in [-0.1, -0.05) is 0 Å². The number of sulfone groups is 1. The summed E-state index contributed by atoms with van der Waals surface area (Å²) in [7, 11) is -5.63. The molecule has 9 heteroatoms. The summed E-state index contributed by atoms with van der Waals surface area (Å²) in [5.41, 5.74) is -5.76. The first kappa shape index (κ1) is 14.1. The van der Waals surface area contributed by atoms with Gasteiger partial charge in [0.25, 0.3) is 9.84 Å². The average molecular weight is 299 g/mol. The summed E-state index contributed by atoms with van der Waals surface area (Å²) in [4.78, 5) is 0.106. The second-order valence-electron chi connectivity index (χ2n) is 4.12. The zero-order valence-electron chi connectivity index (χ0n) is 9.35. The molecule has 2 rings (SSSR count). The van der Waals surface area contributed by atoms with Crippen LogP contribution in [0, 0.1) is 5.82 Å². The predicted octanol–water partition coefficient (Wildman–Crippen LogP) is 1.30. The molecular weight excluding hydrogens is 290 g/mol. The van der Waals surface area contributed by atoms with Gasteiger partial charge in [0.2, 0.25) is 0 Å². The lowest BCUT2D eigenvalue weighted by Crippen LogP contribution is -2.51. The molecular formula is C10H9F4NO3S. The highest BCUT2D eigenvalue weighted by molar-refractivity contribution is 7.92. The Kier molecular flexibility index (Phi) is 3.21. The Balaban J connectivity index is 2.53. The monoisotopic (exact) mass is 299 g/mol. The summed E-state index contributed by atoms with van der Waals surface area (Å²) in [6.45, 7) is 0.0119. The van der Waals surface area contributed by atoms with Gasteiger partial charge in [0, 0.05) is 13.1 Å². The molecule has 4 nitrogen and oxygen atoms in total. The fourth-order valence-corrected chi connectivity index (χ4v) is 2.73. The fourth-order valence-electron chi connectivity index (χ4n) is 1.74. The number of aliphatic hydroxyl groups excluding tert-OH is 1. The van der Waals surface area contributed by atoms with Gasteiger partial charge in [-0.25, -0.2) is 12.8 Å². The van der Waals surface area contributed by atoms with Crippen molar-refractivity contribution in [2.45, 2.75) is 16.5 Å². The van der Waals surface area contributed by atoms with E-state index < -0.39 is 32.2 Å². The van der Waals surface area contributed by atoms with E-state index in [1.807, 2.05) is 0 Å². The van der Waals surface area contributed by atoms with Crippen LogP contribution in [-0.2, 0) is 9.84 Å². The third kappa shape index (κ3) is 2.39. The maximum absolute atomic E-state index is 13.0.